The standard InChI is InChI=1S/C42H67N7O7/c1-28(2)46(37(51)24-43(33(11)50)23-34-17-13-12-14-18-34)25-38(52)44-21-15-19-35(44)41(55)45-22-16-20-36(45)42(56)48(30(5)6)26-39(53)47(29(3)4)27-40(54)49(31(7)8)32(9)10/h12-14,17-18,28-32,35-36H,15-16,19-27H2,1-11H3/t35-,36+/m0/s1. The highest BCUT2D eigenvalue weighted by molar-refractivity contribution is 5.96. The molecule has 14 heteroatoms. The number of rotatable bonds is 17. The summed E-state index contributed by atoms with van der Waals surface area (Å²) in [7, 11) is 0. The lowest BCUT2D eigenvalue weighted by atomic mass is 10.1. The molecule has 0 radical (unpaired) electrons. The molecule has 1 aromatic carbocycles. The molecule has 7 amide bonds. The van der Waals surface area contributed by atoms with Crippen molar-refractivity contribution in [1.82, 2.24) is 34.3 Å². The van der Waals surface area contributed by atoms with E-state index in [4.69, 9.17) is 0 Å². The predicted octanol–water partition coefficient (Wildman–Crippen LogP) is 3.37. The van der Waals surface area contributed by atoms with Gasteiger partial charge < -0.3 is 34.3 Å². The van der Waals surface area contributed by atoms with Crippen LogP contribution >= 0.6 is 0 Å². The molecule has 1 aromatic rings. The van der Waals surface area contributed by atoms with Crippen LogP contribution in [0.3, 0.4) is 0 Å². The van der Waals surface area contributed by atoms with Crippen LogP contribution in [0.2, 0.25) is 0 Å². The van der Waals surface area contributed by atoms with Crippen molar-refractivity contribution < 1.29 is 33.6 Å². The van der Waals surface area contributed by atoms with Gasteiger partial charge in [0.05, 0.1) is 0 Å². The van der Waals surface area contributed by atoms with Gasteiger partial charge in [0.15, 0.2) is 0 Å². The number of carbonyl (C=O) groups excluding carboxylic acids is 7. The van der Waals surface area contributed by atoms with E-state index in [2.05, 4.69) is 0 Å². The van der Waals surface area contributed by atoms with E-state index < -0.39 is 12.1 Å². The maximum absolute atomic E-state index is 14.3. The minimum absolute atomic E-state index is 0.0390. The van der Waals surface area contributed by atoms with Gasteiger partial charge in [-0.05, 0) is 100 Å². The topological polar surface area (TPSA) is 142 Å². The Hall–Kier alpha value is -4.49. The number of benzene rings is 1. The molecule has 2 saturated heterocycles. The fourth-order valence-corrected chi connectivity index (χ4v) is 7.83. The van der Waals surface area contributed by atoms with Crippen molar-refractivity contribution in [3.63, 3.8) is 0 Å². The highest BCUT2D eigenvalue weighted by atomic mass is 16.2. The van der Waals surface area contributed by atoms with Crippen LogP contribution < -0.4 is 0 Å². The number of amides is 7. The van der Waals surface area contributed by atoms with E-state index >= 15 is 0 Å². The third-order valence-electron chi connectivity index (χ3n) is 10.8. The summed E-state index contributed by atoms with van der Waals surface area (Å²) in [6, 6.07) is 6.74. The van der Waals surface area contributed by atoms with Gasteiger partial charge in [0, 0.05) is 56.8 Å². The van der Waals surface area contributed by atoms with Crippen molar-refractivity contribution in [3.05, 3.63) is 35.9 Å². The lowest BCUT2D eigenvalue weighted by Crippen LogP contribution is -2.57. The Kier molecular flexibility index (Phi) is 16.9. The molecule has 2 aliphatic rings. The van der Waals surface area contributed by atoms with E-state index in [0.717, 1.165) is 5.56 Å². The second-order valence-electron chi connectivity index (χ2n) is 16.6. The Labute approximate surface area is 334 Å². The zero-order chi connectivity index (χ0) is 42.0. The van der Waals surface area contributed by atoms with Gasteiger partial charge in [-0.2, -0.15) is 0 Å². The van der Waals surface area contributed by atoms with Crippen LogP contribution in [0.5, 0.6) is 0 Å². The SMILES string of the molecule is CC(=O)N(CC(=O)N(CC(=O)N1CCC[C@H]1C(=O)N1CCC[C@@H]1C(=O)N(CC(=O)N(CC(=O)N(C(C)C)C(C)C)C(C)C)C(C)C)C(C)C)Cc1ccccc1. The molecular weight excluding hydrogens is 715 g/mol. The number of hydrogen-bond donors (Lipinski definition) is 0. The van der Waals surface area contributed by atoms with Crippen LogP contribution in [0.4, 0.5) is 0 Å². The smallest absolute Gasteiger partial charge is 0.246 e. The van der Waals surface area contributed by atoms with Crippen LogP contribution in [0, 0.1) is 0 Å². The Bertz CT molecular complexity index is 1540. The summed E-state index contributed by atoms with van der Waals surface area (Å²) in [5.74, 6) is -2.15. The molecule has 3 rings (SSSR count). The zero-order valence-corrected chi connectivity index (χ0v) is 35.7. The molecule has 2 heterocycles. The molecular formula is C42H67N7O7. The molecule has 0 saturated carbocycles. The summed E-state index contributed by atoms with van der Waals surface area (Å²) >= 11 is 0. The fraction of sp³-hybridized carbons (Fsp3) is 0.690. The van der Waals surface area contributed by atoms with Gasteiger partial charge in [0.25, 0.3) is 0 Å². The maximum Gasteiger partial charge on any atom is 0.246 e. The number of carbonyl (C=O) groups is 7. The first-order valence-corrected chi connectivity index (χ1v) is 20.4. The van der Waals surface area contributed by atoms with Crippen LogP contribution in [-0.2, 0) is 40.1 Å². The molecule has 312 valence electrons. The maximum atomic E-state index is 14.3. The summed E-state index contributed by atoms with van der Waals surface area (Å²) in [4.78, 5) is 106. The van der Waals surface area contributed by atoms with E-state index in [-0.39, 0.29) is 104 Å². The minimum Gasteiger partial charge on any atom is -0.336 e. The molecule has 2 aliphatic heterocycles. The van der Waals surface area contributed by atoms with Gasteiger partial charge in [-0.25, -0.2) is 0 Å². The van der Waals surface area contributed by atoms with Crippen LogP contribution in [0.25, 0.3) is 0 Å². The third-order valence-corrected chi connectivity index (χ3v) is 10.8. The van der Waals surface area contributed by atoms with Gasteiger partial charge in [0.1, 0.15) is 38.3 Å². The second kappa shape index (κ2) is 20.6. The zero-order valence-electron chi connectivity index (χ0n) is 35.7. The van der Waals surface area contributed by atoms with Crippen molar-refractivity contribution in [2.75, 3.05) is 39.3 Å². The van der Waals surface area contributed by atoms with Crippen molar-refractivity contribution in [2.24, 2.45) is 0 Å². The van der Waals surface area contributed by atoms with E-state index in [1.165, 1.54) is 31.4 Å². The molecule has 14 nitrogen and oxygen atoms in total. The van der Waals surface area contributed by atoms with Crippen molar-refractivity contribution in [3.8, 4) is 0 Å². The van der Waals surface area contributed by atoms with E-state index in [0.29, 0.717) is 38.8 Å². The summed E-state index contributed by atoms with van der Waals surface area (Å²) in [6.07, 6.45) is 2.06. The Morgan fingerprint density at radius 1 is 0.589 bits per heavy atom. The van der Waals surface area contributed by atoms with Crippen molar-refractivity contribution >= 4 is 41.4 Å². The van der Waals surface area contributed by atoms with Crippen LogP contribution in [-0.4, -0.2) is 157 Å². The molecule has 0 aliphatic carbocycles. The summed E-state index contributed by atoms with van der Waals surface area (Å²) in [5.41, 5.74) is 0.882. The summed E-state index contributed by atoms with van der Waals surface area (Å²) in [5, 5.41) is 0. The molecule has 56 heavy (non-hydrogen) atoms. The first kappa shape index (κ1) is 45.9. The minimum atomic E-state index is -0.794. The van der Waals surface area contributed by atoms with E-state index in [1.54, 1.807) is 9.80 Å². The molecule has 0 bridgehead atoms. The number of likely N-dealkylation sites (tertiary alicyclic amines) is 2. The van der Waals surface area contributed by atoms with E-state index in [1.807, 2.05) is 99.6 Å². The molecule has 0 aromatic heterocycles. The van der Waals surface area contributed by atoms with Gasteiger partial charge in [0.2, 0.25) is 41.4 Å². The van der Waals surface area contributed by atoms with Crippen molar-refractivity contribution in [2.45, 2.75) is 151 Å². The molecule has 2 atom stereocenters. The quantitative estimate of drug-likeness (QED) is 0.236. The molecule has 0 N–H and O–H groups in total. The average molecular weight is 782 g/mol. The molecule has 2 fully saturated rings. The largest absolute Gasteiger partial charge is 0.336 e. The number of hydrogen-bond acceptors (Lipinski definition) is 7. The van der Waals surface area contributed by atoms with Gasteiger partial charge in [-0.3, -0.25) is 33.6 Å². The highest BCUT2D eigenvalue weighted by Crippen LogP contribution is 2.27. The normalized spacial score (nSPS) is 16.9. The first-order valence-electron chi connectivity index (χ1n) is 20.4. The highest BCUT2D eigenvalue weighted by Gasteiger charge is 2.44. The fourth-order valence-electron chi connectivity index (χ4n) is 7.83. The van der Waals surface area contributed by atoms with Gasteiger partial charge >= 0.3 is 0 Å². The summed E-state index contributed by atoms with van der Waals surface area (Å²) < 4.78 is 0. The predicted molar refractivity (Wildman–Crippen MR) is 215 cm³/mol. The first-order chi connectivity index (χ1) is 26.3. The molecule has 0 spiro atoms. The Morgan fingerprint density at radius 2 is 1.07 bits per heavy atom. The monoisotopic (exact) mass is 782 g/mol. The van der Waals surface area contributed by atoms with Gasteiger partial charge in [-0.15, -0.1) is 0 Å². The number of nitrogens with zero attached hydrogens (tertiary/aromatic N) is 7. The van der Waals surface area contributed by atoms with E-state index in [9.17, 15) is 33.6 Å². The van der Waals surface area contributed by atoms with Gasteiger partial charge in [-0.1, -0.05) is 30.3 Å². The third kappa shape index (κ3) is 11.8. The molecule has 0 unspecified atom stereocenters. The lowest BCUT2D eigenvalue weighted by molar-refractivity contribution is -0.153. The summed E-state index contributed by atoms with van der Waals surface area (Å²) in [6.45, 7) is 20.3. The van der Waals surface area contributed by atoms with Crippen LogP contribution in [0.1, 0.15) is 107 Å². The second-order valence-corrected chi connectivity index (χ2v) is 16.6. The Morgan fingerprint density at radius 3 is 1.59 bits per heavy atom. The average Bonchev–Trinajstić information content (AvgIpc) is 3.81. The Balaban J connectivity index is 1.73. The van der Waals surface area contributed by atoms with Crippen LogP contribution in [0.15, 0.2) is 30.3 Å². The van der Waals surface area contributed by atoms with Crippen molar-refractivity contribution in [1.29, 1.82) is 0 Å². The lowest BCUT2D eigenvalue weighted by Gasteiger charge is -2.37.